The molecule has 8 heteroatoms. The molecule has 0 fully saturated rings. The third-order valence-electron chi connectivity index (χ3n) is 4.25. The van der Waals surface area contributed by atoms with Crippen LogP contribution in [0.5, 0.6) is 0 Å². The fourth-order valence-corrected chi connectivity index (χ4v) is 4.14. The Kier molecular flexibility index (Phi) is 5.83. The quantitative estimate of drug-likeness (QED) is 0.632. The molecule has 1 heterocycles. The molecule has 28 heavy (non-hydrogen) atoms. The van der Waals surface area contributed by atoms with E-state index in [9.17, 15) is 13.2 Å². The number of sulfonamides is 1. The highest BCUT2D eigenvalue weighted by atomic mass is 32.2. The average Bonchev–Trinajstić information content (AvgIpc) is 2.99. The Morgan fingerprint density at radius 3 is 2.46 bits per heavy atom. The standard InChI is InChI=1S/C20H22N2O5S/c1-13(12-26-3)22-28(24,25)16-10-8-15(9-11-16)21-20(23)19-14(2)17-6-4-5-7-18(17)27-19/h4-11,13,22H,12H2,1-3H3,(H,21,23). The van der Waals surface area contributed by atoms with Crippen LogP contribution < -0.4 is 10.0 Å². The number of fused-ring (bicyclic) bond motifs is 1. The fraction of sp³-hybridized carbons (Fsp3) is 0.250. The van der Waals surface area contributed by atoms with Gasteiger partial charge in [-0.25, -0.2) is 13.1 Å². The van der Waals surface area contributed by atoms with E-state index in [1.54, 1.807) is 13.0 Å². The molecule has 1 atom stereocenters. The zero-order valence-corrected chi connectivity index (χ0v) is 16.7. The lowest BCUT2D eigenvalue weighted by molar-refractivity contribution is 0.0998. The van der Waals surface area contributed by atoms with E-state index in [1.165, 1.54) is 31.4 Å². The summed E-state index contributed by atoms with van der Waals surface area (Å²) in [5, 5.41) is 3.61. The van der Waals surface area contributed by atoms with Gasteiger partial charge in [0.1, 0.15) is 5.58 Å². The SMILES string of the molecule is COCC(C)NS(=O)(=O)c1ccc(NC(=O)c2oc3ccccc3c2C)cc1. The fourth-order valence-electron chi connectivity index (χ4n) is 2.91. The number of para-hydroxylation sites is 1. The number of methoxy groups -OCH3 is 1. The van der Waals surface area contributed by atoms with Gasteiger partial charge in [-0.15, -0.1) is 0 Å². The molecule has 1 aromatic heterocycles. The van der Waals surface area contributed by atoms with E-state index in [1.807, 2.05) is 25.1 Å². The molecule has 0 saturated heterocycles. The van der Waals surface area contributed by atoms with Gasteiger partial charge >= 0.3 is 0 Å². The number of rotatable bonds is 7. The highest BCUT2D eigenvalue weighted by Gasteiger charge is 2.19. The summed E-state index contributed by atoms with van der Waals surface area (Å²) >= 11 is 0. The number of carbonyl (C=O) groups excluding carboxylic acids is 1. The van der Waals surface area contributed by atoms with E-state index in [-0.39, 0.29) is 23.3 Å². The van der Waals surface area contributed by atoms with E-state index in [0.29, 0.717) is 11.3 Å². The Balaban J connectivity index is 1.75. The van der Waals surface area contributed by atoms with Crippen molar-refractivity contribution in [1.82, 2.24) is 4.72 Å². The first-order chi connectivity index (χ1) is 13.3. The molecule has 0 aliphatic rings. The number of aryl methyl sites for hydroxylation is 1. The average molecular weight is 402 g/mol. The predicted molar refractivity (Wildman–Crippen MR) is 107 cm³/mol. The topological polar surface area (TPSA) is 97.6 Å². The van der Waals surface area contributed by atoms with Gasteiger partial charge in [0.2, 0.25) is 10.0 Å². The van der Waals surface area contributed by atoms with Gasteiger partial charge in [-0.05, 0) is 44.2 Å². The van der Waals surface area contributed by atoms with Gasteiger partial charge in [-0.1, -0.05) is 18.2 Å². The van der Waals surface area contributed by atoms with Crippen molar-refractivity contribution in [3.05, 3.63) is 59.9 Å². The molecule has 7 nitrogen and oxygen atoms in total. The van der Waals surface area contributed by atoms with Crippen LogP contribution >= 0.6 is 0 Å². The number of benzene rings is 2. The van der Waals surface area contributed by atoms with Crippen LogP contribution in [-0.4, -0.2) is 34.1 Å². The van der Waals surface area contributed by atoms with Crippen LogP contribution in [0, 0.1) is 6.92 Å². The van der Waals surface area contributed by atoms with Gasteiger partial charge in [0.25, 0.3) is 5.91 Å². The van der Waals surface area contributed by atoms with Crippen LogP contribution in [0.2, 0.25) is 0 Å². The number of carbonyl (C=O) groups is 1. The van der Waals surface area contributed by atoms with Crippen molar-refractivity contribution < 1.29 is 22.4 Å². The summed E-state index contributed by atoms with van der Waals surface area (Å²) in [4.78, 5) is 12.7. The summed E-state index contributed by atoms with van der Waals surface area (Å²) in [6, 6.07) is 13.0. The second kappa shape index (κ2) is 8.14. The van der Waals surface area contributed by atoms with Crippen LogP contribution in [0.4, 0.5) is 5.69 Å². The minimum Gasteiger partial charge on any atom is -0.451 e. The number of hydrogen-bond acceptors (Lipinski definition) is 5. The van der Waals surface area contributed by atoms with Crippen molar-refractivity contribution in [1.29, 1.82) is 0 Å². The van der Waals surface area contributed by atoms with Crippen LogP contribution in [-0.2, 0) is 14.8 Å². The summed E-state index contributed by atoms with van der Waals surface area (Å²) in [7, 11) is -2.16. The summed E-state index contributed by atoms with van der Waals surface area (Å²) in [6.07, 6.45) is 0. The smallest absolute Gasteiger partial charge is 0.291 e. The molecule has 0 aliphatic carbocycles. The number of amides is 1. The molecule has 3 aromatic rings. The van der Waals surface area contributed by atoms with Crippen LogP contribution in [0.15, 0.2) is 57.8 Å². The summed E-state index contributed by atoms with van der Waals surface area (Å²) < 4.78 is 37.8. The first kappa shape index (κ1) is 20.1. The molecule has 3 rings (SSSR count). The molecule has 0 saturated carbocycles. The van der Waals surface area contributed by atoms with Crippen molar-refractivity contribution in [3.63, 3.8) is 0 Å². The lowest BCUT2D eigenvalue weighted by Gasteiger charge is -2.13. The van der Waals surface area contributed by atoms with E-state index < -0.39 is 15.9 Å². The van der Waals surface area contributed by atoms with Gasteiger partial charge in [0.15, 0.2) is 5.76 Å². The second-order valence-corrected chi connectivity index (χ2v) is 8.22. The predicted octanol–water partition coefficient (Wildman–Crippen LogP) is 3.31. The monoisotopic (exact) mass is 402 g/mol. The largest absolute Gasteiger partial charge is 0.451 e. The summed E-state index contributed by atoms with van der Waals surface area (Å²) in [5.41, 5.74) is 1.86. The highest BCUT2D eigenvalue weighted by molar-refractivity contribution is 7.89. The molecule has 0 bridgehead atoms. The van der Waals surface area contributed by atoms with Gasteiger partial charge in [0.05, 0.1) is 11.5 Å². The Bertz CT molecular complexity index is 1090. The van der Waals surface area contributed by atoms with Crippen molar-refractivity contribution >= 4 is 32.6 Å². The Labute approximate surface area is 163 Å². The van der Waals surface area contributed by atoms with E-state index in [2.05, 4.69) is 10.0 Å². The normalized spacial score (nSPS) is 12.8. The molecule has 2 aromatic carbocycles. The van der Waals surface area contributed by atoms with Crippen molar-refractivity contribution in [2.75, 3.05) is 19.0 Å². The Morgan fingerprint density at radius 2 is 1.82 bits per heavy atom. The van der Waals surface area contributed by atoms with Crippen molar-refractivity contribution in [3.8, 4) is 0 Å². The molecule has 0 spiro atoms. The van der Waals surface area contributed by atoms with Gasteiger partial charge in [-0.2, -0.15) is 0 Å². The summed E-state index contributed by atoms with van der Waals surface area (Å²) in [6.45, 7) is 3.80. The lowest BCUT2D eigenvalue weighted by atomic mass is 10.1. The number of ether oxygens (including phenoxy) is 1. The molecule has 0 aliphatic heterocycles. The number of furan rings is 1. The lowest BCUT2D eigenvalue weighted by Crippen LogP contribution is -2.35. The molecular formula is C20H22N2O5S. The van der Waals surface area contributed by atoms with E-state index in [4.69, 9.17) is 9.15 Å². The molecular weight excluding hydrogens is 380 g/mol. The van der Waals surface area contributed by atoms with Gasteiger partial charge in [-0.3, -0.25) is 4.79 Å². The summed E-state index contributed by atoms with van der Waals surface area (Å²) in [5.74, 6) is -0.163. The highest BCUT2D eigenvalue weighted by Crippen LogP contribution is 2.25. The number of nitrogens with one attached hydrogen (secondary N) is 2. The maximum atomic E-state index is 12.6. The number of anilines is 1. The third kappa shape index (κ3) is 4.24. The van der Waals surface area contributed by atoms with E-state index in [0.717, 1.165) is 10.9 Å². The van der Waals surface area contributed by atoms with E-state index >= 15 is 0 Å². The molecule has 0 radical (unpaired) electrons. The molecule has 2 N–H and O–H groups in total. The second-order valence-electron chi connectivity index (χ2n) is 6.51. The molecule has 1 amide bonds. The Hall–Kier alpha value is -2.68. The van der Waals surface area contributed by atoms with Crippen molar-refractivity contribution in [2.24, 2.45) is 0 Å². The molecule has 148 valence electrons. The zero-order chi connectivity index (χ0) is 20.3. The minimum atomic E-state index is -3.66. The minimum absolute atomic E-state index is 0.105. The number of hydrogen-bond donors (Lipinski definition) is 2. The van der Waals surface area contributed by atoms with Gasteiger partial charge < -0.3 is 14.5 Å². The maximum absolute atomic E-state index is 12.6. The molecule has 1 unspecified atom stereocenters. The third-order valence-corrected chi connectivity index (χ3v) is 5.85. The van der Waals surface area contributed by atoms with Crippen LogP contribution in [0.25, 0.3) is 11.0 Å². The van der Waals surface area contributed by atoms with Crippen LogP contribution in [0.3, 0.4) is 0 Å². The zero-order valence-electron chi connectivity index (χ0n) is 15.9. The van der Waals surface area contributed by atoms with Crippen LogP contribution in [0.1, 0.15) is 23.0 Å². The first-order valence-electron chi connectivity index (χ1n) is 8.72. The first-order valence-corrected chi connectivity index (χ1v) is 10.2. The maximum Gasteiger partial charge on any atom is 0.291 e. The Morgan fingerprint density at radius 1 is 1.14 bits per heavy atom. The van der Waals surface area contributed by atoms with Gasteiger partial charge in [0, 0.05) is 29.8 Å². The van der Waals surface area contributed by atoms with Crippen molar-refractivity contribution in [2.45, 2.75) is 24.8 Å².